The van der Waals surface area contributed by atoms with Crippen LogP contribution >= 0.6 is 11.6 Å². The van der Waals surface area contributed by atoms with Crippen LogP contribution in [0.3, 0.4) is 0 Å². The first-order valence-electron chi connectivity index (χ1n) is 12.2. The van der Waals surface area contributed by atoms with Crippen LogP contribution in [-0.2, 0) is 14.9 Å². The molecule has 0 unspecified atom stereocenters. The Morgan fingerprint density at radius 2 is 1.94 bits per heavy atom. The van der Waals surface area contributed by atoms with E-state index in [1.165, 1.54) is 0 Å². The van der Waals surface area contributed by atoms with Crippen molar-refractivity contribution in [1.29, 1.82) is 0 Å². The molecule has 0 spiro atoms. The summed E-state index contributed by atoms with van der Waals surface area (Å²) in [6.45, 7) is 0. The number of rotatable bonds is 5. The molecular weight excluding hydrogens is 501 g/mol. The maximum atomic E-state index is 13.2. The minimum atomic E-state index is -4.62. The molecule has 7 nitrogen and oxygen atoms in total. The minimum Gasteiger partial charge on any atom is -0.480 e. The SMILES string of the molecule is O=C(NC12CCC(c3ncc([C@H]4C[C@@H](OC(F)(F)F)C4)o3)(CC1)C2)[C@H]1C[C@@H](O)c2cc(Cl)ccc2O1. The molecule has 2 atom stereocenters. The third-order valence-electron chi connectivity index (χ3n) is 8.33. The van der Waals surface area contributed by atoms with Crippen molar-refractivity contribution < 1.29 is 37.0 Å². The number of nitrogens with one attached hydrogen (secondary N) is 1. The molecule has 1 aliphatic heterocycles. The van der Waals surface area contributed by atoms with Crippen molar-refractivity contribution in [1.82, 2.24) is 10.3 Å². The standard InChI is InChI=1S/C25H26ClF3N2O5/c26-14-1-2-18-16(9-14)17(32)10-19(34-18)21(33)31-24-5-3-23(12-24,4-6-24)22-30-11-20(35-22)13-7-15(8-13)36-25(27,28)29/h1-2,9,11,13,15,17,19,32H,3-8,10,12H2,(H,31,33)/t13-,15+,17-,19-,23?,24?/m1/s1. The van der Waals surface area contributed by atoms with Crippen molar-refractivity contribution in [3.63, 3.8) is 0 Å². The Hall–Kier alpha value is -2.30. The molecule has 36 heavy (non-hydrogen) atoms. The zero-order valence-electron chi connectivity index (χ0n) is 19.3. The lowest BCUT2D eigenvalue weighted by Crippen LogP contribution is -2.51. The number of alkyl halides is 3. The lowest BCUT2D eigenvalue weighted by atomic mass is 9.81. The predicted octanol–water partition coefficient (Wildman–Crippen LogP) is 5.07. The fourth-order valence-electron chi connectivity index (χ4n) is 6.39. The van der Waals surface area contributed by atoms with E-state index in [0.717, 1.165) is 25.7 Å². The molecule has 1 aromatic carbocycles. The number of ether oxygens (including phenoxy) is 2. The second-order valence-corrected chi connectivity index (χ2v) is 11.1. The van der Waals surface area contributed by atoms with E-state index >= 15 is 0 Å². The first-order chi connectivity index (χ1) is 17.0. The van der Waals surface area contributed by atoms with Crippen LogP contribution < -0.4 is 10.1 Å². The van der Waals surface area contributed by atoms with Crippen LogP contribution in [0.2, 0.25) is 5.02 Å². The average molecular weight is 527 g/mol. The van der Waals surface area contributed by atoms with E-state index in [9.17, 15) is 23.1 Å². The molecule has 1 amide bonds. The molecule has 1 aromatic heterocycles. The quantitative estimate of drug-likeness (QED) is 0.565. The molecule has 3 aliphatic carbocycles. The Morgan fingerprint density at radius 3 is 2.67 bits per heavy atom. The van der Waals surface area contributed by atoms with Gasteiger partial charge in [-0.2, -0.15) is 0 Å². The molecule has 0 radical (unpaired) electrons. The summed E-state index contributed by atoms with van der Waals surface area (Å²) in [6, 6.07) is 4.97. The Labute approximate surface area is 210 Å². The molecule has 2 bridgehead atoms. The Bertz CT molecular complexity index is 1170. The maximum Gasteiger partial charge on any atom is 0.522 e. The van der Waals surface area contributed by atoms with E-state index in [1.807, 2.05) is 0 Å². The molecular formula is C25H26ClF3N2O5. The van der Waals surface area contributed by atoms with Crippen LogP contribution in [0, 0.1) is 0 Å². The van der Waals surface area contributed by atoms with E-state index in [2.05, 4.69) is 15.0 Å². The zero-order chi connectivity index (χ0) is 25.3. The Balaban J connectivity index is 1.09. The van der Waals surface area contributed by atoms with Crippen LogP contribution in [0.15, 0.2) is 28.8 Å². The number of halogens is 4. The number of aliphatic hydroxyl groups is 1. The highest BCUT2D eigenvalue weighted by Gasteiger charge is 2.58. The molecule has 194 valence electrons. The molecule has 2 aromatic rings. The molecule has 3 fully saturated rings. The van der Waals surface area contributed by atoms with Gasteiger partial charge in [-0.3, -0.25) is 9.53 Å². The van der Waals surface area contributed by atoms with Gasteiger partial charge in [0, 0.05) is 33.9 Å². The normalized spacial score (nSPS) is 35.1. The topological polar surface area (TPSA) is 93.8 Å². The number of carbonyl (C=O) groups excluding carboxylic acids is 1. The van der Waals surface area contributed by atoms with Crippen molar-refractivity contribution in [2.45, 2.75) is 92.9 Å². The molecule has 3 saturated carbocycles. The fraction of sp³-hybridized carbons (Fsp3) is 0.600. The van der Waals surface area contributed by atoms with Gasteiger partial charge >= 0.3 is 6.36 Å². The summed E-state index contributed by atoms with van der Waals surface area (Å²) >= 11 is 6.01. The van der Waals surface area contributed by atoms with Gasteiger partial charge in [-0.15, -0.1) is 13.2 Å². The van der Waals surface area contributed by atoms with Crippen molar-refractivity contribution in [3.05, 3.63) is 46.6 Å². The summed E-state index contributed by atoms with van der Waals surface area (Å²) in [6.07, 6.45) is -1.03. The largest absolute Gasteiger partial charge is 0.522 e. The van der Waals surface area contributed by atoms with E-state index in [-0.39, 0.29) is 36.5 Å². The van der Waals surface area contributed by atoms with Crippen molar-refractivity contribution in [2.75, 3.05) is 0 Å². The summed E-state index contributed by atoms with van der Waals surface area (Å²) < 4.78 is 53.2. The second-order valence-electron chi connectivity index (χ2n) is 10.7. The molecule has 0 saturated heterocycles. The van der Waals surface area contributed by atoms with Crippen LogP contribution in [0.25, 0.3) is 0 Å². The number of carbonyl (C=O) groups is 1. The molecule has 2 heterocycles. The highest BCUT2D eigenvalue weighted by atomic mass is 35.5. The van der Waals surface area contributed by atoms with E-state index in [1.54, 1.807) is 24.4 Å². The summed E-state index contributed by atoms with van der Waals surface area (Å²) in [4.78, 5) is 17.7. The fourth-order valence-corrected chi connectivity index (χ4v) is 6.57. The predicted molar refractivity (Wildman–Crippen MR) is 120 cm³/mol. The molecule has 2 N–H and O–H groups in total. The van der Waals surface area contributed by atoms with Gasteiger partial charge in [-0.25, -0.2) is 4.98 Å². The third-order valence-corrected chi connectivity index (χ3v) is 8.57. The first-order valence-corrected chi connectivity index (χ1v) is 12.6. The lowest BCUT2D eigenvalue weighted by molar-refractivity contribution is -0.352. The Kier molecular flexibility index (Phi) is 5.59. The zero-order valence-corrected chi connectivity index (χ0v) is 20.1. The number of amides is 1. The number of hydrogen-bond acceptors (Lipinski definition) is 6. The van der Waals surface area contributed by atoms with Gasteiger partial charge in [0.05, 0.1) is 18.4 Å². The monoisotopic (exact) mass is 526 g/mol. The van der Waals surface area contributed by atoms with Crippen molar-refractivity contribution in [3.8, 4) is 5.75 Å². The highest BCUT2D eigenvalue weighted by molar-refractivity contribution is 6.30. The van der Waals surface area contributed by atoms with Gasteiger partial charge in [-0.1, -0.05) is 11.6 Å². The van der Waals surface area contributed by atoms with Crippen LogP contribution in [0.1, 0.15) is 80.6 Å². The van der Waals surface area contributed by atoms with Gasteiger partial charge in [0.2, 0.25) is 5.89 Å². The maximum absolute atomic E-state index is 13.2. The van der Waals surface area contributed by atoms with E-state index in [4.69, 9.17) is 20.8 Å². The molecule has 11 heteroatoms. The summed E-state index contributed by atoms with van der Waals surface area (Å²) in [5.74, 6) is 1.26. The van der Waals surface area contributed by atoms with Gasteiger partial charge in [0.1, 0.15) is 11.5 Å². The minimum absolute atomic E-state index is 0.130. The summed E-state index contributed by atoms with van der Waals surface area (Å²) in [5.41, 5.74) is -0.122. The van der Waals surface area contributed by atoms with Crippen molar-refractivity contribution >= 4 is 17.5 Å². The first kappa shape index (κ1) is 24.1. The van der Waals surface area contributed by atoms with Crippen molar-refractivity contribution in [2.24, 2.45) is 0 Å². The second kappa shape index (κ2) is 8.36. The van der Waals surface area contributed by atoms with Gasteiger partial charge in [-0.05, 0) is 63.1 Å². The Morgan fingerprint density at radius 1 is 1.19 bits per heavy atom. The van der Waals surface area contributed by atoms with E-state index < -0.39 is 30.2 Å². The number of benzene rings is 1. The number of oxazole rings is 1. The van der Waals surface area contributed by atoms with Crippen LogP contribution in [-0.4, -0.2) is 40.1 Å². The molecule has 4 aliphatic rings. The molecule has 6 rings (SSSR count). The number of fused-ring (bicyclic) bond motifs is 3. The average Bonchev–Trinajstić information content (AvgIpc) is 3.50. The number of hydrogen-bond donors (Lipinski definition) is 2. The summed E-state index contributed by atoms with van der Waals surface area (Å²) in [5, 5.41) is 14.2. The van der Waals surface area contributed by atoms with Gasteiger partial charge in [0.15, 0.2) is 6.10 Å². The number of aromatic nitrogens is 1. The lowest BCUT2D eigenvalue weighted by Gasteiger charge is -2.33. The number of aliphatic hydroxyl groups excluding tert-OH is 1. The van der Waals surface area contributed by atoms with E-state index in [0.29, 0.717) is 34.4 Å². The van der Waals surface area contributed by atoms with Gasteiger partial charge < -0.3 is 19.6 Å². The smallest absolute Gasteiger partial charge is 0.480 e. The van der Waals surface area contributed by atoms with Gasteiger partial charge in [0.25, 0.3) is 5.91 Å². The number of nitrogens with zero attached hydrogens (tertiary/aromatic N) is 1. The van der Waals surface area contributed by atoms with Crippen LogP contribution in [0.5, 0.6) is 5.75 Å². The van der Waals surface area contributed by atoms with Crippen LogP contribution in [0.4, 0.5) is 13.2 Å². The third kappa shape index (κ3) is 4.26. The summed E-state index contributed by atoms with van der Waals surface area (Å²) in [7, 11) is 0. The highest BCUT2D eigenvalue weighted by Crippen LogP contribution is 2.58.